The van der Waals surface area contributed by atoms with E-state index in [4.69, 9.17) is 0 Å². The van der Waals surface area contributed by atoms with Crippen LogP contribution in [0.5, 0.6) is 0 Å². The van der Waals surface area contributed by atoms with Gasteiger partial charge in [-0.05, 0) is 49.2 Å². The molecule has 2 amide bonds. The van der Waals surface area contributed by atoms with Gasteiger partial charge in [-0.1, -0.05) is 49.1 Å². The minimum absolute atomic E-state index is 0.0140. The van der Waals surface area contributed by atoms with Crippen molar-refractivity contribution in [2.75, 3.05) is 29.5 Å². The highest BCUT2D eigenvalue weighted by Crippen LogP contribution is 2.26. The predicted molar refractivity (Wildman–Crippen MR) is 139 cm³/mol. The predicted octanol–water partition coefficient (Wildman–Crippen LogP) is 4.47. The second kappa shape index (κ2) is 12.9. The Morgan fingerprint density at radius 2 is 1.67 bits per heavy atom. The molecular formula is C23H26FN5O4S3. The fourth-order valence-corrected chi connectivity index (χ4v) is 6.31. The molecule has 0 unspecified atom stereocenters. The Labute approximate surface area is 217 Å². The first-order valence-electron chi connectivity index (χ1n) is 11.2. The fourth-order valence-electron chi connectivity index (χ4n) is 3.14. The number of carbonyl (C=O) groups excluding carboxylic acids is 2. The number of benzene rings is 2. The monoisotopic (exact) mass is 551 g/mol. The van der Waals surface area contributed by atoms with Crippen molar-refractivity contribution in [1.82, 2.24) is 14.5 Å². The summed E-state index contributed by atoms with van der Waals surface area (Å²) in [5, 5.41) is 13.2. The van der Waals surface area contributed by atoms with Gasteiger partial charge in [-0.2, -0.15) is 4.31 Å². The molecule has 3 rings (SSSR count). The fraction of sp³-hybridized carbons (Fsp3) is 0.304. The van der Waals surface area contributed by atoms with E-state index in [1.54, 1.807) is 6.07 Å². The molecular weight excluding hydrogens is 525 g/mol. The zero-order valence-corrected chi connectivity index (χ0v) is 22.2. The van der Waals surface area contributed by atoms with Gasteiger partial charge in [0.1, 0.15) is 5.82 Å². The first kappa shape index (κ1) is 27.7. The van der Waals surface area contributed by atoms with Gasteiger partial charge in [0.15, 0.2) is 4.34 Å². The number of nitrogens with zero attached hydrogens (tertiary/aromatic N) is 3. The van der Waals surface area contributed by atoms with Crippen molar-refractivity contribution in [2.45, 2.75) is 35.9 Å². The zero-order chi connectivity index (χ0) is 26.1. The molecule has 192 valence electrons. The molecule has 36 heavy (non-hydrogen) atoms. The molecule has 2 aromatic carbocycles. The largest absolute Gasteiger partial charge is 0.323 e. The summed E-state index contributed by atoms with van der Waals surface area (Å²) in [5.74, 6) is -1.41. The Kier molecular flexibility index (Phi) is 9.93. The third-order valence-electron chi connectivity index (χ3n) is 4.80. The van der Waals surface area contributed by atoms with Crippen molar-refractivity contribution < 1.29 is 22.4 Å². The van der Waals surface area contributed by atoms with Crippen LogP contribution >= 0.6 is 23.1 Å². The highest BCUT2D eigenvalue weighted by atomic mass is 32.2. The lowest BCUT2D eigenvalue weighted by molar-refractivity contribution is -0.113. The van der Waals surface area contributed by atoms with Crippen LogP contribution in [-0.2, 0) is 14.8 Å². The van der Waals surface area contributed by atoms with Gasteiger partial charge in [0, 0.05) is 18.7 Å². The van der Waals surface area contributed by atoms with Crippen molar-refractivity contribution in [3.63, 3.8) is 0 Å². The maximum atomic E-state index is 13.6. The number of halogens is 1. The third-order valence-corrected chi connectivity index (χ3v) is 8.69. The van der Waals surface area contributed by atoms with Crippen LogP contribution < -0.4 is 10.6 Å². The summed E-state index contributed by atoms with van der Waals surface area (Å²) < 4.78 is 41.3. The van der Waals surface area contributed by atoms with Crippen LogP contribution in [0.15, 0.2) is 57.8 Å². The Balaban J connectivity index is 1.56. The summed E-state index contributed by atoms with van der Waals surface area (Å²) in [4.78, 5) is 24.8. The van der Waals surface area contributed by atoms with Crippen molar-refractivity contribution in [2.24, 2.45) is 0 Å². The lowest BCUT2D eigenvalue weighted by Gasteiger charge is -2.21. The lowest BCUT2D eigenvalue weighted by Crippen LogP contribution is -2.32. The lowest BCUT2D eigenvalue weighted by atomic mass is 10.2. The molecule has 0 fully saturated rings. The number of nitrogens with one attached hydrogen (secondary N) is 2. The Morgan fingerprint density at radius 1 is 1.00 bits per heavy atom. The minimum atomic E-state index is -3.63. The maximum Gasteiger partial charge on any atom is 0.257 e. The van der Waals surface area contributed by atoms with Crippen LogP contribution in [0.1, 0.15) is 37.0 Å². The summed E-state index contributed by atoms with van der Waals surface area (Å²) in [7, 11) is -3.63. The van der Waals surface area contributed by atoms with Crippen LogP contribution in [0.25, 0.3) is 0 Å². The highest BCUT2D eigenvalue weighted by Gasteiger charge is 2.23. The van der Waals surface area contributed by atoms with Crippen LogP contribution in [0, 0.1) is 5.82 Å². The molecule has 1 aromatic heterocycles. The van der Waals surface area contributed by atoms with Crippen molar-refractivity contribution >= 4 is 55.8 Å². The number of para-hydroxylation sites is 1. The molecule has 13 heteroatoms. The van der Waals surface area contributed by atoms with Gasteiger partial charge >= 0.3 is 0 Å². The average Bonchev–Trinajstić information content (AvgIpc) is 3.31. The molecule has 0 atom stereocenters. The van der Waals surface area contributed by atoms with E-state index in [2.05, 4.69) is 20.8 Å². The zero-order valence-electron chi connectivity index (χ0n) is 19.7. The number of aromatic nitrogens is 2. The number of hydrogen-bond donors (Lipinski definition) is 2. The second-order valence-electron chi connectivity index (χ2n) is 7.57. The van der Waals surface area contributed by atoms with Crippen molar-refractivity contribution in [1.29, 1.82) is 0 Å². The number of sulfonamides is 1. The highest BCUT2D eigenvalue weighted by molar-refractivity contribution is 8.01. The molecule has 9 nitrogen and oxygen atoms in total. The van der Waals surface area contributed by atoms with Gasteiger partial charge in [-0.3, -0.25) is 14.9 Å². The normalized spacial score (nSPS) is 11.4. The number of amides is 2. The summed E-state index contributed by atoms with van der Waals surface area (Å²) in [5.41, 5.74) is 0.357. The van der Waals surface area contributed by atoms with Crippen molar-refractivity contribution in [3.05, 3.63) is 59.9 Å². The Hall–Kier alpha value is -2.87. The number of rotatable bonds is 12. The Morgan fingerprint density at radius 3 is 2.31 bits per heavy atom. The molecule has 0 spiro atoms. The van der Waals surface area contributed by atoms with E-state index < -0.39 is 27.7 Å². The number of carbonyl (C=O) groups is 2. The van der Waals surface area contributed by atoms with Gasteiger partial charge < -0.3 is 5.32 Å². The van der Waals surface area contributed by atoms with Crippen LogP contribution in [-0.4, -0.2) is 53.6 Å². The van der Waals surface area contributed by atoms with Gasteiger partial charge in [0.2, 0.25) is 21.1 Å². The quantitative estimate of drug-likeness (QED) is 0.252. The molecule has 0 aliphatic rings. The molecule has 0 radical (unpaired) electrons. The standard InChI is InChI=1S/C23H26FN5O4S3/c1-3-13-29(14-4-2)36(32,33)17-11-9-16(10-12-17)21(31)26-22-27-28-23(35-22)34-15-20(30)25-19-8-6-5-7-18(19)24/h5-12H,3-4,13-15H2,1-2H3,(H,25,30)(H,26,27,31). The molecule has 0 saturated heterocycles. The van der Waals surface area contributed by atoms with E-state index in [1.165, 1.54) is 46.8 Å². The smallest absolute Gasteiger partial charge is 0.257 e. The number of anilines is 2. The maximum absolute atomic E-state index is 13.6. The molecule has 1 heterocycles. The van der Waals surface area contributed by atoms with E-state index >= 15 is 0 Å². The number of thioether (sulfide) groups is 1. The summed E-state index contributed by atoms with van der Waals surface area (Å²) in [6, 6.07) is 11.6. The van der Waals surface area contributed by atoms with Crippen LogP contribution in [0.2, 0.25) is 0 Å². The van der Waals surface area contributed by atoms with Crippen LogP contribution in [0.4, 0.5) is 15.2 Å². The van der Waals surface area contributed by atoms with E-state index in [0.29, 0.717) is 30.3 Å². The van der Waals surface area contributed by atoms with E-state index in [-0.39, 0.29) is 27.0 Å². The average molecular weight is 552 g/mol. The first-order chi connectivity index (χ1) is 17.2. The van der Waals surface area contributed by atoms with Gasteiger partial charge in [0.05, 0.1) is 16.3 Å². The van der Waals surface area contributed by atoms with E-state index in [1.807, 2.05) is 13.8 Å². The molecule has 0 aliphatic heterocycles. The summed E-state index contributed by atoms with van der Waals surface area (Å²) in [6.45, 7) is 4.70. The summed E-state index contributed by atoms with van der Waals surface area (Å²) in [6.07, 6.45) is 1.41. The first-order valence-corrected chi connectivity index (χ1v) is 14.4. The topological polar surface area (TPSA) is 121 Å². The third kappa shape index (κ3) is 7.32. The van der Waals surface area contributed by atoms with Crippen molar-refractivity contribution in [3.8, 4) is 0 Å². The summed E-state index contributed by atoms with van der Waals surface area (Å²) >= 11 is 2.18. The van der Waals surface area contributed by atoms with E-state index in [9.17, 15) is 22.4 Å². The molecule has 3 aromatic rings. The Bertz CT molecular complexity index is 1290. The van der Waals surface area contributed by atoms with Gasteiger partial charge in [-0.15, -0.1) is 10.2 Å². The number of hydrogen-bond acceptors (Lipinski definition) is 8. The van der Waals surface area contributed by atoms with Gasteiger partial charge in [0.25, 0.3) is 5.91 Å². The molecule has 0 aliphatic carbocycles. The van der Waals surface area contributed by atoms with Gasteiger partial charge in [-0.25, -0.2) is 12.8 Å². The van der Waals surface area contributed by atoms with Crippen LogP contribution in [0.3, 0.4) is 0 Å². The second-order valence-corrected chi connectivity index (χ2v) is 11.7. The molecule has 2 N–H and O–H groups in total. The molecule has 0 bridgehead atoms. The molecule has 0 saturated carbocycles. The SMILES string of the molecule is CCCN(CCC)S(=O)(=O)c1ccc(C(=O)Nc2nnc(SCC(=O)Nc3ccccc3F)s2)cc1. The minimum Gasteiger partial charge on any atom is -0.323 e. The van der Waals surface area contributed by atoms with E-state index in [0.717, 1.165) is 23.1 Å².